The molecule has 0 aromatic rings. The fraction of sp³-hybridized carbons (Fsp3) is 1.00. The predicted octanol–water partition coefficient (Wildman–Crippen LogP) is 3.72. The maximum absolute atomic E-state index is 6.53. The average Bonchev–Trinajstić information content (AvgIpc) is 2.13. The third-order valence-electron chi connectivity index (χ3n) is 4.05. The van der Waals surface area contributed by atoms with Gasteiger partial charge in [0.25, 0.3) is 0 Å². The monoisotopic (exact) mass is 197 g/mol. The molecule has 0 saturated heterocycles. The highest BCUT2D eigenvalue weighted by molar-refractivity contribution is 4.94. The average molecular weight is 197 g/mol. The van der Waals surface area contributed by atoms with Gasteiger partial charge >= 0.3 is 0 Å². The standard InChI is InChI=1S/C13H27N/c1-4-5-6-9-13(14)10-11(2)7-8-12(13)3/h11-12H,4-10,14H2,1-3H3. The first-order valence-electron chi connectivity index (χ1n) is 6.37. The van der Waals surface area contributed by atoms with Crippen LogP contribution in [0.3, 0.4) is 0 Å². The quantitative estimate of drug-likeness (QED) is 0.683. The Kier molecular flexibility index (Phi) is 4.43. The molecular formula is C13H27N. The first kappa shape index (κ1) is 12.0. The molecule has 0 aliphatic heterocycles. The SMILES string of the molecule is CCCCCC1(N)CC(C)CCC1C. The maximum Gasteiger partial charge on any atom is 0.0182 e. The van der Waals surface area contributed by atoms with E-state index in [4.69, 9.17) is 5.73 Å². The highest BCUT2D eigenvalue weighted by Gasteiger charge is 2.36. The Morgan fingerprint density at radius 1 is 1.21 bits per heavy atom. The number of nitrogens with two attached hydrogens (primary N) is 1. The summed E-state index contributed by atoms with van der Waals surface area (Å²) in [7, 11) is 0. The molecule has 3 unspecified atom stereocenters. The summed E-state index contributed by atoms with van der Waals surface area (Å²) in [5.74, 6) is 1.58. The smallest absolute Gasteiger partial charge is 0.0182 e. The van der Waals surface area contributed by atoms with Crippen LogP contribution in [0.2, 0.25) is 0 Å². The van der Waals surface area contributed by atoms with Gasteiger partial charge < -0.3 is 5.73 Å². The Morgan fingerprint density at radius 3 is 2.57 bits per heavy atom. The van der Waals surface area contributed by atoms with Gasteiger partial charge in [-0.25, -0.2) is 0 Å². The number of hydrogen-bond donors (Lipinski definition) is 1. The fourth-order valence-corrected chi connectivity index (χ4v) is 2.83. The minimum absolute atomic E-state index is 0.160. The van der Waals surface area contributed by atoms with E-state index in [1.807, 2.05) is 0 Å². The molecular weight excluding hydrogens is 170 g/mol. The molecule has 0 aromatic carbocycles. The van der Waals surface area contributed by atoms with Gasteiger partial charge in [-0.15, -0.1) is 0 Å². The molecule has 3 atom stereocenters. The zero-order valence-electron chi connectivity index (χ0n) is 10.2. The third-order valence-corrected chi connectivity index (χ3v) is 4.05. The van der Waals surface area contributed by atoms with Gasteiger partial charge in [0.15, 0.2) is 0 Å². The second-order valence-corrected chi connectivity index (χ2v) is 5.48. The van der Waals surface area contributed by atoms with Crippen LogP contribution in [-0.4, -0.2) is 5.54 Å². The maximum atomic E-state index is 6.53. The van der Waals surface area contributed by atoms with Gasteiger partial charge in [-0.1, -0.05) is 46.5 Å². The normalized spacial score (nSPS) is 38.6. The zero-order chi connectivity index (χ0) is 10.6. The van der Waals surface area contributed by atoms with Crippen molar-refractivity contribution in [2.24, 2.45) is 17.6 Å². The Hall–Kier alpha value is -0.0400. The van der Waals surface area contributed by atoms with Crippen molar-refractivity contribution in [2.75, 3.05) is 0 Å². The summed E-state index contributed by atoms with van der Waals surface area (Å²) in [6.07, 6.45) is 9.19. The van der Waals surface area contributed by atoms with E-state index in [-0.39, 0.29) is 5.54 Å². The van der Waals surface area contributed by atoms with E-state index >= 15 is 0 Å². The second-order valence-electron chi connectivity index (χ2n) is 5.48. The molecule has 0 heterocycles. The largest absolute Gasteiger partial charge is 0.325 e. The van der Waals surface area contributed by atoms with E-state index in [1.165, 1.54) is 44.9 Å². The van der Waals surface area contributed by atoms with Gasteiger partial charge in [0.05, 0.1) is 0 Å². The van der Waals surface area contributed by atoms with Crippen LogP contribution >= 0.6 is 0 Å². The van der Waals surface area contributed by atoms with Crippen LogP contribution in [-0.2, 0) is 0 Å². The molecule has 1 saturated carbocycles. The molecule has 1 aliphatic carbocycles. The van der Waals surface area contributed by atoms with Crippen molar-refractivity contribution >= 4 is 0 Å². The summed E-state index contributed by atoms with van der Waals surface area (Å²) in [6, 6.07) is 0. The Labute approximate surface area is 89.5 Å². The van der Waals surface area contributed by atoms with E-state index in [9.17, 15) is 0 Å². The van der Waals surface area contributed by atoms with Crippen molar-refractivity contribution in [2.45, 2.75) is 71.3 Å². The molecule has 1 heteroatoms. The lowest BCUT2D eigenvalue weighted by molar-refractivity contribution is 0.148. The minimum Gasteiger partial charge on any atom is -0.325 e. The zero-order valence-corrected chi connectivity index (χ0v) is 10.2. The van der Waals surface area contributed by atoms with Crippen molar-refractivity contribution in [1.29, 1.82) is 0 Å². The molecule has 84 valence electrons. The van der Waals surface area contributed by atoms with Crippen LogP contribution in [0, 0.1) is 11.8 Å². The van der Waals surface area contributed by atoms with Gasteiger partial charge in [0.2, 0.25) is 0 Å². The lowest BCUT2D eigenvalue weighted by atomic mass is 9.68. The molecule has 0 amide bonds. The van der Waals surface area contributed by atoms with Crippen LogP contribution in [0.4, 0.5) is 0 Å². The number of unbranched alkanes of at least 4 members (excludes halogenated alkanes) is 2. The first-order valence-corrected chi connectivity index (χ1v) is 6.37. The molecule has 0 spiro atoms. The summed E-state index contributed by atoms with van der Waals surface area (Å²) >= 11 is 0. The predicted molar refractivity (Wildman–Crippen MR) is 63.2 cm³/mol. The topological polar surface area (TPSA) is 26.0 Å². The lowest BCUT2D eigenvalue weighted by Gasteiger charge is -2.42. The van der Waals surface area contributed by atoms with Crippen LogP contribution in [0.15, 0.2) is 0 Å². The van der Waals surface area contributed by atoms with Crippen molar-refractivity contribution in [1.82, 2.24) is 0 Å². The summed E-state index contributed by atoms with van der Waals surface area (Å²) < 4.78 is 0. The van der Waals surface area contributed by atoms with Crippen LogP contribution < -0.4 is 5.73 Å². The molecule has 2 N–H and O–H groups in total. The van der Waals surface area contributed by atoms with Crippen LogP contribution in [0.1, 0.15) is 65.7 Å². The Morgan fingerprint density at radius 2 is 1.93 bits per heavy atom. The third kappa shape index (κ3) is 2.98. The van der Waals surface area contributed by atoms with Crippen molar-refractivity contribution in [3.63, 3.8) is 0 Å². The first-order chi connectivity index (χ1) is 6.58. The van der Waals surface area contributed by atoms with Crippen molar-refractivity contribution < 1.29 is 0 Å². The molecule has 1 nitrogen and oxygen atoms in total. The number of rotatable bonds is 4. The Bertz CT molecular complexity index is 167. The van der Waals surface area contributed by atoms with Crippen molar-refractivity contribution in [3.8, 4) is 0 Å². The highest BCUT2D eigenvalue weighted by Crippen LogP contribution is 2.38. The van der Waals surface area contributed by atoms with Gasteiger partial charge in [0, 0.05) is 5.54 Å². The van der Waals surface area contributed by atoms with Crippen LogP contribution in [0.5, 0.6) is 0 Å². The van der Waals surface area contributed by atoms with Crippen LogP contribution in [0.25, 0.3) is 0 Å². The van der Waals surface area contributed by atoms with E-state index in [0.717, 1.165) is 11.8 Å². The molecule has 0 aromatic heterocycles. The van der Waals surface area contributed by atoms with E-state index in [2.05, 4.69) is 20.8 Å². The molecule has 0 radical (unpaired) electrons. The van der Waals surface area contributed by atoms with Gasteiger partial charge in [-0.05, 0) is 31.1 Å². The summed E-state index contributed by atoms with van der Waals surface area (Å²) in [5.41, 5.74) is 6.69. The van der Waals surface area contributed by atoms with Gasteiger partial charge in [-0.3, -0.25) is 0 Å². The fourth-order valence-electron chi connectivity index (χ4n) is 2.83. The lowest BCUT2D eigenvalue weighted by Crippen LogP contribution is -2.49. The molecule has 1 rings (SSSR count). The second kappa shape index (κ2) is 5.16. The van der Waals surface area contributed by atoms with Gasteiger partial charge in [0.1, 0.15) is 0 Å². The Balaban J connectivity index is 2.42. The summed E-state index contributed by atoms with van der Waals surface area (Å²) in [6.45, 7) is 6.96. The highest BCUT2D eigenvalue weighted by atomic mass is 14.8. The van der Waals surface area contributed by atoms with E-state index < -0.39 is 0 Å². The minimum atomic E-state index is 0.160. The molecule has 1 fully saturated rings. The molecule has 14 heavy (non-hydrogen) atoms. The number of hydrogen-bond acceptors (Lipinski definition) is 1. The summed E-state index contributed by atoms with van der Waals surface area (Å²) in [4.78, 5) is 0. The molecule has 0 bridgehead atoms. The van der Waals surface area contributed by atoms with Crippen molar-refractivity contribution in [3.05, 3.63) is 0 Å². The van der Waals surface area contributed by atoms with E-state index in [0.29, 0.717) is 0 Å². The summed E-state index contributed by atoms with van der Waals surface area (Å²) in [5, 5.41) is 0. The van der Waals surface area contributed by atoms with E-state index in [1.54, 1.807) is 0 Å². The van der Waals surface area contributed by atoms with Gasteiger partial charge in [-0.2, -0.15) is 0 Å². The molecule has 1 aliphatic rings.